The van der Waals surface area contributed by atoms with Gasteiger partial charge in [-0.15, -0.1) is 0 Å². The van der Waals surface area contributed by atoms with Crippen LogP contribution in [0.2, 0.25) is 0 Å². The Balaban J connectivity index is 4.15. The number of allylic oxidation sites excluding steroid dienone is 2. The molecular weight excluding hydrogens is 786 g/mol. The van der Waals surface area contributed by atoms with Crippen LogP contribution in [0.3, 0.4) is 0 Å². The van der Waals surface area contributed by atoms with Gasteiger partial charge in [0.2, 0.25) is 0 Å². The minimum atomic E-state index is -4.38. The fourth-order valence-electron chi connectivity index (χ4n) is 7.48. The summed E-state index contributed by atoms with van der Waals surface area (Å²) in [4.78, 5) is 35.5. The zero-order valence-electron chi connectivity index (χ0n) is 40.9. The van der Waals surface area contributed by atoms with Crippen molar-refractivity contribution in [2.75, 3.05) is 47.5 Å². The SMILES string of the molecule is CCCCCCC/C=C\CCCCCCCC(=O)OC(COC(=O)CCCCCCCCCCCCCCCCCCCCCCCCC)COP(=O)(O)OCC[N+](C)(C)C. The number of likely N-dealkylation sites (N-methyl/N-ethyl adjacent to an activating group) is 1. The summed E-state index contributed by atoms with van der Waals surface area (Å²) in [6, 6.07) is 0. The zero-order valence-corrected chi connectivity index (χ0v) is 41.8. The number of hydrogen-bond acceptors (Lipinski definition) is 7. The third-order valence-corrected chi connectivity index (χ3v) is 12.5. The summed E-state index contributed by atoms with van der Waals surface area (Å²) in [6.07, 6.45) is 48.4. The highest BCUT2D eigenvalue weighted by Gasteiger charge is 2.27. The Morgan fingerprint density at radius 1 is 0.492 bits per heavy atom. The van der Waals surface area contributed by atoms with Crippen LogP contribution in [0.4, 0.5) is 0 Å². The maximum Gasteiger partial charge on any atom is 0.472 e. The van der Waals surface area contributed by atoms with Crippen LogP contribution in [0, 0.1) is 0 Å². The maximum atomic E-state index is 12.7. The Bertz CT molecular complexity index is 1050. The van der Waals surface area contributed by atoms with Gasteiger partial charge in [0.1, 0.15) is 19.8 Å². The Labute approximate surface area is 377 Å². The van der Waals surface area contributed by atoms with Crippen LogP contribution >= 0.6 is 7.82 Å². The predicted molar refractivity (Wildman–Crippen MR) is 257 cm³/mol. The average molecular weight is 887 g/mol. The summed E-state index contributed by atoms with van der Waals surface area (Å²) in [5.74, 6) is -0.794. The molecule has 0 aromatic rings. The molecule has 0 spiro atoms. The van der Waals surface area contributed by atoms with Crippen LogP contribution in [0.1, 0.15) is 251 Å². The van der Waals surface area contributed by atoms with E-state index < -0.39 is 26.5 Å². The molecule has 0 aromatic carbocycles. The van der Waals surface area contributed by atoms with Crippen LogP contribution in [0.15, 0.2) is 12.2 Å². The van der Waals surface area contributed by atoms with Gasteiger partial charge in [0, 0.05) is 12.8 Å². The largest absolute Gasteiger partial charge is 0.472 e. The number of phosphoric ester groups is 1. The molecular formula is C51H101NO8P+. The fraction of sp³-hybridized carbons (Fsp3) is 0.922. The van der Waals surface area contributed by atoms with Crippen LogP contribution in [-0.4, -0.2) is 74.9 Å². The second-order valence-corrected chi connectivity index (χ2v) is 20.4. The van der Waals surface area contributed by atoms with Crippen molar-refractivity contribution in [2.24, 2.45) is 0 Å². The number of phosphoric acid groups is 1. The van der Waals surface area contributed by atoms with Crippen LogP contribution < -0.4 is 0 Å². The lowest BCUT2D eigenvalue weighted by molar-refractivity contribution is -0.870. The van der Waals surface area contributed by atoms with E-state index in [-0.39, 0.29) is 25.6 Å². The summed E-state index contributed by atoms with van der Waals surface area (Å²) < 4.78 is 34.4. The van der Waals surface area contributed by atoms with Gasteiger partial charge in [-0.1, -0.05) is 212 Å². The molecule has 0 aliphatic rings. The summed E-state index contributed by atoms with van der Waals surface area (Å²) in [5.41, 5.74) is 0. The number of hydrogen-bond donors (Lipinski definition) is 1. The van der Waals surface area contributed by atoms with E-state index >= 15 is 0 Å². The number of esters is 2. The third kappa shape index (κ3) is 48.1. The molecule has 0 saturated heterocycles. The van der Waals surface area contributed by atoms with Crippen molar-refractivity contribution in [2.45, 2.75) is 258 Å². The number of quaternary nitrogens is 1. The lowest BCUT2D eigenvalue weighted by atomic mass is 10.0. The Morgan fingerprint density at radius 2 is 0.836 bits per heavy atom. The molecule has 0 rings (SSSR count). The van der Waals surface area contributed by atoms with Crippen molar-refractivity contribution < 1.29 is 42.1 Å². The Kier molecular flexibility index (Phi) is 43.1. The van der Waals surface area contributed by atoms with E-state index in [1.54, 1.807) is 0 Å². The van der Waals surface area contributed by atoms with E-state index in [2.05, 4.69) is 26.0 Å². The number of nitrogens with zero attached hydrogens (tertiary/aromatic N) is 1. The molecule has 2 unspecified atom stereocenters. The highest BCUT2D eigenvalue weighted by Crippen LogP contribution is 2.43. The molecule has 10 heteroatoms. The second-order valence-electron chi connectivity index (χ2n) is 18.9. The van der Waals surface area contributed by atoms with Gasteiger partial charge in [0.25, 0.3) is 0 Å². The monoisotopic (exact) mass is 887 g/mol. The summed E-state index contributed by atoms with van der Waals surface area (Å²) >= 11 is 0. The highest BCUT2D eigenvalue weighted by molar-refractivity contribution is 7.47. The molecule has 0 radical (unpaired) electrons. The Morgan fingerprint density at radius 3 is 1.21 bits per heavy atom. The topological polar surface area (TPSA) is 108 Å². The summed E-state index contributed by atoms with van der Waals surface area (Å²) in [7, 11) is 1.48. The van der Waals surface area contributed by atoms with Crippen molar-refractivity contribution in [3.63, 3.8) is 0 Å². The minimum absolute atomic E-state index is 0.0334. The van der Waals surface area contributed by atoms with Crippen molar-refractivity contribution >= 4 is 19.8 Å². The number of rotatable bonds is 48. The Hall–Kier alpha value is -1.25. The van der Waals surface area contributed by atoms with Crippen molar-refractivity contribution in [1.82, 2.24) is 0 Å². The first-order valence-electron chi connectivity index (χ1n) is 25.9. The highest BCUT2D eigenvalue weighted by atomic mass is 31.2. The number of carbonyl (C=O) groups excluding carboxylic acids is 2. The van der Waals surface area contributed by atoms with Crippen molar-refractivity contribution in [3.8, 4) is 0 Å². The van der Waals surface area contributed by atoms with Gasteiger partial charge in [-0.25, -0.2) is 4.57 Å². The van der Waals surface area contributed by atoms with Gasteiger partial charge in [0.05, 0.1) is 27.7 Å². The van der Waals surface area contributed by atoms with Gasteiger partial charge in [0.15, 0.2) is 6.10 Å². The molecule has 362 valence electrons. The first-order chi connectivity index (χ1) is 29.5. The standard InChI is InChI=1S/C51H100NO8P/c1-6-8-10-12-14-16-18-20-22-23-24-25-26-27-28-29-30-32-33-35-37-39-41-43-50(53)57-47-49(48-59-61(55,56)58-46-45-52(3,4)5)60-51(54)44-42-40-38-36-34-31-21-19-17-15-13-11-9-7-2/h19,21,49H,6-18,20,22-48H2,1-5H3/p+1/b21-19-. The third-order valence-electron chi connectivity index (χ3n) is 11.5. The van der Waals surface area contributed by atoms with Crippen LogP contribution in [0.25, 0.3) is 0 Å². The second kappa shape index (κ2) is 44.0. The molecule has 0 saturated carbocycles. The minimum Gasteiger partial charge on any atom is -0.462 e. The van der Waals surface area contributed by atoms with Crippen molar-refractivity contribution in [1.29, 1.82) is 0 Å². The smallest absolute Gasteiger partial charge is 0.462 e. The van der Waals surface area contributed by atoms with E-state index in [1.807, 2.05) is 21.1 Å². The van der Waals surface area contributed by atoms with Crippen LogP contribution in [0.5, 0.6) is 0 Å². The zero-order chi connectivity index (χ0) is 45.0. The first kappa shape index (κ1) is 59.8. The number of carbonyl (C=O) groups is 2. The predicted octanol–water partition coefficient (Wildman–Crippen LogP) is 15.3. The van der Waals surface area contributed by atoms with Gasteiger partial charge in [-0.3, -0.25) is 18.6 Å². The van der Waals surface area contributed by atoms with Crippen LogP contribution in [-0.2, 0) is 32.7 Å². The van der Waals surface area contributed by atoms with E-state index in [0.717, 1.165) is 51.4 Å². The molecule has 1 N–H and O–H groups in total. The average Bonchev–Trinajstić information content (AvgIpc) is 3.21. The normalized spacial score (nSPS) is 13.5. The molecule has 9 nitrogen and oxygen atoms in total. The van der Waals surface area contributed by atoms with E-state index in [0.29, 0.717) is 23.9 Å². The molecule has 0 heterocycles. The van der Waals surface area contributed by atoms with E-state index in [1.165, 1.54) is 167 Å². The van der Waals surface area contributed by atoms with E-state index in [9.17, 15) is 19.0 Å². The summed E-state index contributed by atoms with van der Waals surface area (Å²) in [5, 5.41) is 0. The quantitative estimate of drug-likeness (QED) is 0.0212. The van der Waals surface area contributed by atoms with Gasteiger partial charge < -0.3 is 18.9 Å². The lowest BCUT2D eigenvalue weighted by Crippen LogP contribution is -2.37. The van der Waals surface area contributed by atoms with E-state index in [4.69, 9.17) is 18.5 Å². The molecule has 0 aromatic heterocycles. The first-order valence-corrected chi connectivity index (χ1v) is 27.4. The molecule has 0 bridgehead atoms. The molecule has 0 amide bonds. The van der Waals surface area contributed by atoms with Gasteiger partial charge in [-0.05, 0) is 38.5 Å². The van der Waals surface area contributed by atoms with Gasteiger partial charge in [-0.2, -0.15) is 0 Å². The lowest BCUT2D eigenvalue weighted by Gasteiger charge is -2.24. The molecule has 2 atom stereocenters. The summed E-state index contributed by atoms with van der Waals surface area (Å²) in [6.45, 7) is 4.45. The fourth-order valence-corrected chi connectivity index (χ4v) is 8.22. The molecule has 0 aliphatic carbocycles. The molecule has 0 aliphatic heterocycles. The van der Waals surface area contributed by atoms with Crippen molar-refractivity contribution in [3.05, 3.63) is 12.2 Å². The van der Waals surface area contributed by atoms with Gasteiger partial charge >= 0.3 is 19.8 Å². The molecule has 61 heavy (non-hydrogen) atoms. The number of ether oxygens (including phenoxy) is 2. The number of unbranched alkanes of at least 4 members (excludes halogenated alkanes) is 32. The maximum absolute atomic E-state index is 12.7. The molecule has 0 fully saturated rings.